The van der Waals surface area contributed by atoms with Crippen molar-refractivity contribution in [3.8, 4) is 0 Å². The van der Waals surface area contributed by atoms with E-state index in [0.29, 0.717) is 0 Å². The highest BCUT2D eigenvalue weighted by atomic mass is 19.1. The Bertz CT molecular complexity index is 963. The van der Waals surface area contributed by atoms with Crippen molar-refractivity contribution in [3.05, 3.63) is 94.2 Å². The molecular weight excluding hydrogens is 406 g/mol. The molecule has 1 heterocycles. The van der Waals surface area contributed by atoms with Gasteiger partial charge < -0.3 is 22.1 Å². The summed E-state index contributed by atoms with van der Waals surface area (Å²) in [6.45, 7) is 10.0. The van der Waals surface area contributed by atoms with Gasteiger partial charge in [-0.3, -0.25) is 0 Å². The van der Waals surface area contributed by atoms with E-state index in [0.717, 1.165) is 28.3 Å². The van der Waals surface area contributed by atoms with Gasteiger partial charge in [-0.1, -0.05) is 63.6 Å². The van der Waals surface area contributed by atoms with Crippen LogP contribution in [0.15, 0.2) is 65.9 Å². The molecule has 0 aromatic heterocycles. The molecule has 6 N–H and O–H groups in total. The molecule has 0 bridgehead atoms. The number of nitrogen functional groups attached to an aromatic ring is 1. The summed E-state index contributed by atoms with van der Waals surface area (Å²) in [5.41, 5.74) is 21.6. The second kappa shape index (κ2) is 12.8. The zero-order chi connectivity index (χ0) is 24.4. The number of nitrogens with zero attached hydrogens (tertiary/aromatic N) is 1. The van der Waals surface area contributed by atoms with E-state index in [1.807, 2.05) is 76.9 Å². The molecule has 2 atom stereocenters. The van der Waals surface area contributed by atoms with E-state index >= 15 is 0 Å². The molecule has 0 amide bonds. The highest BCUT2D eigenvalue weighted by Crippen LogP contribution is 2.28. The quantitative estimate of drug-likeness (QED) is 0.534. The summed E-state index contributed by atoms with van der Waals surface area (Å²) in [7, 11) is 1.83. The molecule has 0 radical (unpaired) electrons. The number of aryl methyl sites for hydroxylation is 1. The molecule has 174 valence electrons. The molecule has 1 aliphatic heterocycles. The molecule has 32 heavy (non-hydrogen) atoms. The largest absolute Gasteiger partial charge is 0.396 e. The van der Waals surface area contributed by atoms with Gasteiger partial charge in [0.1, 0.15) is 12.0 Å². The average Bonchev–Trinajstić information content (AvgIpc) is 2.81. The summed E-state index contributed by atoms with van der Waals surface area (Å²) in [4.78, 5) is 1.81. The Labute approximate surface area is 191 Å². The lowest BCUT2D eigenvalue weighted by Crippen LogP contribution is -2.42. The SMILES string of the molecule is CC.CC.Cc1ccc(C(N)C2=CC(C=Cc3c(F)ccc(N)c3F)=CN(C)C2N)cc1. The van der Waals surface area contributed by atoms with Crippen LogP contribution in [0.4, 0.5) is 14.5 Å². The van der Waals surface area contributed by atoms with Crippen molar-refractivity contribution in [3.63, 3.8) is 0 Å². The number of likely N-dealkylation sites (N-methyl/N-ethyl adjacent to an activating group) is 1. The first kappa shape index (κ1) is 27.1. The van der Waals surface area contributed by atoms with Crippen molar-refractivity contribution in [2.45, 2.75) is 46.8 Å². The van der Waals surface area contributed by atoms with Gasteiger partial charge in [0.05, 0.1) is 11.7 Å². The van der Waals surface area contributed by atoms with Gasteiger partial charge in [-0.2, -0.15) is 0 Å². The van der Waals surface area contributed by atoms with Crippen LogP contribution < -0.4 is 17.2 Å². The van der Waals surface area contributed by atoms with Gasteiger partial charge in [0.25, 0.3) is 0 Å². The van der Waals surface area contributed by atoms with Crippen molar-refractivity contribution in [1.29, 1.82) is 0 Å². The Morgan fingerprint density at radius 1 is 0.969 bits per heavy atom. The molecule has 0 saturated carbocycles. The Kier molecular flexibility index (Phi) is 10.8. The van der Waals surface area contributed by atoms with E-state index in [2.05, 4.69) is 0 Å². The second-order valence-electron chi connectivity index (χ2n) is 6.97. The first-order chi connectivity index (χ1) is 15.3. The van der Waals surface area contributed by atoms with Crippen LogP contribution in [-0.4, -0.2) is 18.1 Å². The molecule has 2 unspecified atom stereocenters. The van der Waals surface area contributed by atoms with Gasteiger partial charge in [-0.25, -0.2) is 8.78 Å². The van der Waals surface area contributed by atoms with E-state index in [1.54, 1.807) is 12.3 Å². The van der Waals surface area contributed by atoms with Crippen molar-refractivity contribution < 1.29 is 8.78 Å². The number of benzene rings is 2. The lowest BCUT2D eigenvalue weighted by molar-refractivity contribution is 0.357. The molecule has 1 aliphatic rings. The zero-order valence-corrected chi connectivity index (χ0v) is 19.9. The minimum Gasteiger partial charge on any atom is -0.396 e. The van der Waals surface area contributed by atoms with Crippen LogP contribution in [0.2, 0.25) is 0 Å². The van der Waals surface area contributed by atoms with Crippen molar-refractivity contribution >= 4 is 11.8 Å². The number of allylic oxidation sites excluding steroid dienone is 3. The van der Waals surface area contributed by atoms with E-state index in [4.69, 9.17) is 17.2 Å². The van der Waals surface area contributed by atoms with Crippen LogP contribution in [0.5, 0.6) is 0 Å². The van der Waals surface area contributed by atoms with Gasteiger partial charge in [0.15, 0.2) is 5.82 Å². The topological polar surface area (TPSA) is 81.3 Å². The van der Waals surface area contributed by atoms with Crippen LogP contribution in [0.1, 0.15) is 50.4 Å². The van der Waals surface area contributed by atoms with Gasteiger partial charge in [0.2, 0.25) is 0 Å². The number of anilines is 1. The smallest absolute Gasteiger partial charge is 0.156 e. The predicted molar refractivity (Wildman–Crippen MR) is 133 cm³/mol. The van der Waals surface area contributed by atoms with Crippen molar-refractivity contribution in [2.75, 3.05) is 12.8 Å². The van der Waals surface area contributed by atoms with E-state index < -0.39 is 23.8 Å². The third-order valence-corrected chi connectivity index (χ3v) is 4.86. The van der Waals surface area contributed by atoms with E-state index in [9.17, 15) is 8.78 Å². The number of hydrogen-bond acceptors (Lipinski definition) is 4. The van der Waals surface area contributed by atoms with Gasteiger partial charge in [-0.05, 0) is 47.9 Å². The molecule has 6 heteroatoms. The van der Waals surface area contributed by atoms with Crippen LogP contribution in [-0.2, 0) is 0 Å². The van der Waals surface area contributed by atoms with Crippen LogP contribution in [0.3, 0.4) is 0 Å². The maximum Gasteiger partial charge on any atom is 0.156 e. The molecule has 0 spiro atoms. The van der Waals surface area contributed by atoms with E-state index in [1.165, 1.54) is 12.1 Å². The molecule has 2 aromatic rings. The number of rotatable bonds is 4. The molecule has 0 aliphatic carbocycles. The monoisotopic (exact) mass is 442 g/mol. The molecular formula is C26H36F2N4. The fraction of sp³-hybridized carbons (Fsp3) is 0.308. The Hall–Kier alpha value is -2.96. The number of halogens is 2. The summed E-state index contributed by atoms with van der Waals surface area (Å²) >= 11 is 0. The molecule has 0 saturated heterocycles. The molecule has 2 aromatic carbocycles. The first-order valence-electron chi connectivity index (χ1n) is 10.9. The fourth-order valence-electron chi connectivity index (χ4n) is 3.12. The molecule has 0 fully saturated rings. The number of hydrogen-bond donors (Lipinski definition) is 3. The zero-order valence-electron chi connectivity index (χ0n) is 19.9. The predicted octanol–water partition coefficient (Wildman–Crippen LogP) is 5.66. The summed E-state index contributed by atoms with van der Waals surface area (Å²) < 4.78 is 28.1. The highest BCUT2D eigenvalue weighted by Gasteiger charge is 2.24. The summed E-state index contributed by atoms with van der Waals surface area (Å²) in [6, 6.07) is 9.89. The van der Waals surface area contributed by atoms with Gasteiger partial charge in [0, 0.05) is 18.8 Å². The fourth-order valence-corrected chi connectivity index (χ4v) is 3.12. The standard InChI is InChI=1S/C22H24F2N4.2C2H6/c1-13-3-6-15(7-4-13)21(26)17-11-14(12-28(2)22(17)27)5-8-16-18(23)9-10-19(25)20(16)24;2*1-2/h3-12,21-22H,25-27H2,1-2H3;2*1-2H3. The maximum absolute atomic E-state index is 14.1. The Morgan fingerprint density at radius 3 is 2.16 bits per heavy atom. The first-order valence-corrected chi connectivity index (χ1v) is 10.9. The van der Waals surface area contributed by atoms with E-state index in [-0.39, 0.29) is 11.3 Å². The average molecular weight is 443 g/mol. The molecule has 3 rings (SSSR count). The van der Waals surface area contributed by atoms with Gasteiger partial charge in [-0.15, -0.1) is 0 Å². The lowest BCUT2D eigenvalue weighted by atomic mass is 9.92. The summed E-state index contributed by atoms with van der Waals surface area (Å²) in [5.74, 6) is -1.46. The Balaban J connectivity index is 0.00000121. The van der Waals surface area contributed by atoms with Gasteiger partial charge >= 0.3 is 0 Å². The highest BCUT2D eigenvalue weighted by molar-refractivity contribution is 5.61. The summed E-state index contributed by atoms with van der Waals surface area (Å²) in [6.07, 6.45) is 6.24. The lowest BCUT2D eigenvalue weighted by Gasteiger charge is -2.33. The third kappa shape index (κ3) is 6.52. The van der Waals surface area contributed by atoms with Crippen molar-refractivity contribution in [1.82, 2.24) is 4.90 Å². The van der Waals surface area contributed by atoms with Crippen LogP contribution >= 0.6 is 0 Å². The minimum atomic E-state index is -0.779. The van der Waals surface area contributed by atoms with Crippen LogP contribution in [0.25, 0.3) is 6.08 Å². The maximum atomic E-state index is 14.1. The minimum absolute atomic E-state index is 0.101. The Morgan fingerprint density at radius 2 is 1.56 bits per heavy atom. The second-order valence-corrected chi connectivity index (χ2v) is 6.97. The number of nitrogens with two attached hydrogens (primary N) is 3. The van der Waals surface area contributed by atoms with Crippen molar-refractivity contribution in [2.24, 2.45) is 11.5 Å². The molecule has 4 nitrogen and oxygen atoms in total. The normalized spacial score (nSPS) is 16.3. The summed E-state index contributed by atoms with van der Waals surface area (Å²) in [5, 5.41) is 0. The third-order valence-electron chi connectivity index (χ3n) is 4.86. The van der Waals surface area contributed by atoms with Crippen LogP contribution in [0, 0.1) is 18.6 Å².